The lowest BCUT2D eigenvalue weighted by Gasteiger charge is -2.30. The van der Waals surface area contributed by atoms with Crippen molar-refractivity contribution in [3.63, 3.8) is 0 Å². The first-order valence-electron chi connectivity index (χ1n) is 6.41. The van der Waals surface area contributed by atoms with E-state index in [4.69, 9.17) is 19.9 Å². The SMILES string of the molecule is COC1CCN(CCOCCOCC(N)=O)CC1. The number of methoxy groups -OCH3 is 1. The minimum Gasteiger partial charge on any atom is -0.381 e. The number of piperidine rings is 1. The Morgan fingerprint density at radius 1 is 1.22 bits per heavy atom. The van der Waals surface area contributed by atoms with Gasteiger partial charge in [-0.2, -0.15) is 0 Å². The van der Waals surface area contributed by atoms with Crippen LogP contribution in [-0.4, -0.2) is 70.1 Å². The molecule has 6 nitrogen and oxygen atoms in total. The number of carbonyl (C=O) groups excluding carboxylic acids is 1. The molecule has 1 rings (SSSR count). The van der Waals surface area contributed by atoms with Gasteiger partial charge in [0.05, 0.1) is 25.9 Å². The summed E-state index contributed by atoms with van der Waals surface area (Å²) in [5.74, 6) is -0.448. The van der Waals surface area contributed by atoms with Crippen LogP contribution in [0.3, 0.4) is 0 Å². The Morgan fingerprint density at radius 3 is 2.50 bits per heavy atom. The van der Waals surface area contributed by atoms with Gasteiger partial charge in [-0.05, 0) is 12.8 Å². The van der Waals surface area contributed by atoms with Crippen molar-refractivity contribution in [2.24, 2.45) is 5.73 Å². The van der Waals surface area contributed by atoms with E-state index in [9.17, 15) is 4.79 Å². The molecule has 1 amide bonds. The van der Waals surface area contributed by atoms with E-state index < -0.39 is 5.91 Å². The molecule has 0 aromatic rings. The first kappa shape index (κ1) is 15.4. The summed E-state index contributed by atoms with van der Waals surface area (Å²) in [6.45, 7) is 4.65. The third-order valence-electron chi connectivity index (χ3n) is 3.04. The predicted octanol–water partition coefficient (Wildman–Crippen LogP) is -0.384. The van der Waals surface area contributed by atoms with Gasteiger partial charge in [-0.15, -0.1) is 0 Å². The van der Waals surface area contributed by atoms with Crippen molar-refractivity contribution in [3.8, 4) is 0 Å². The zero-order chi connectivity index (χ0) is 13.2. The van der Waals surface area contributed by atoms with Gasteiger partial charge in [-0.25, -0.2) is 0 Å². The number of rotatable bonds is 9. The van der Waals surface area contributed by atoms with Crippen molar-refractivity contribution in [3.05, 3.63) is 0 Å². The van der Waals surface area contributed by atoms with Crippen LogP contribution in [0.1, 0.15) is 12.8 Å². The maximum atomic E-state index is 10.4. The molecule has 0 bridgehead atoms. The standard InChI is InChI=1S/C12H24N2O4/c1-16-11-2-4-14(5-3-11)6-7-17-8-9-18-10-12(13)15/h11H,2-10H2,1H3,(H2,13,15). The second kappa shape index (κ2) is 9.27. The smallest absolute Gasteiger partial charge is 0.243 e. The van der Waals surface area contributed by atoms with Gasteiger partial charge in [-0.3, -0.25) is 4.79 Å². The number of likely N-dealkylation sites (tertiary alicyclic amines) is 1. The molecule has 0 aliphatic carbocycles. The van der Waals surface area contributed by atoms with Gasteiger partial charge in [0.25, 0.3) is 0 Å². The minimum atomic E-state index is -0.448. The number of nitrogens with zero attached hydrogens (tertiary/aromatic N) is 1. The molecule has 0 radical (unpaired) electrons. The highest BCUT2D eigenvalue weighted by molar-refractivity contribution is 5.74. The average molecular weight is 260 g/mol. The number of hydrogen-bond acceptors (Lipinski definition) is 5. The Kier molecular flexibility index (Phi) is 7.91. The fraction of sp³-hybridized carbons (Fsp3) is 0.917. The molecule has 1 aliphatic heterocycles. The van der Waals surface area contributed by atoms with Gasteiger partial charge < -0.3 is 24.8 Å². The van der Waals surface area contributed by atoms with Crippen LogP contribution in [0.5, 0.6) is 0 Å². The van der Waals surface area contributed by atoms with Crippen LogP contribution in [0.25, 0.3) is 0 Å². The summed E-state index contributed by atoms with van der Waals surface area (Å²) in [6, 6.07) is 0. The predicted molar refractivity (Wildman–Crippen MR) is 67.3 cm³/mol. The zero-order valence-corrected chi connectivity index (χ0v) is 11.1. The van der Waals surface area contributed by atoms with Crippen LogP contribution < -0.4 is 5.73 Å². The number of primary amides is 1. The van der Waals surface area contributed by atoms with E-state index in [2.05, 4.69) is 4.90 Å². The molecule has 18 heavy (non-hydrogen) atoms. The van der Waals surface area contributed by atoms with Crippen molar-refractivity contribution >= 4 is 5.91 Å². The third-order valence-corrected chi connectivity index (χ3v) is 3.04. The summed E-state index contributed by atoms with van der Waals surface area (Å²) in [6.07, 6.45) is 2.61. The molecule has 0 aromatic heterocycles. The zero-order valence-electron chi connectivity index (χ0n) is 11.1. The summed E-state index contributed by atoms with van der Waals surface area (Å²) >= 11 is 0. The van der Waals surface area contributed by atoms with Gasteiger partial charge in [0, 0.05) is 26.7 Å². The van der Waals surface area contributed by atoms with Gasteiger partial charge in [0.15, 0.2) is 0 Å². The first-order chi connectivity index (χ1) is 8.72. The van der Waals surface area contributed by atoms with Crippen LogP contribution in [0, 0.1) is 0 Å². The van der Waals surface area contributed by atoms with Crippen molar-refractivity contribution in [2.75, 3.05) is 53.2 Å². The normalized spacial score (nSPS) is 18.1. The van der Waals surface area contributed by atoms with Crippen LogP contribution >= 0.6 is 0 Å². The molecule has 1 fully saturated rings. The highest BCUT2D eigenvalue weighted by Gasteiger charge is 2.17. The maximum Gasteiger partial charge on any atom is 0.243 e. The lowest BCUT2D eigenvalue weighted by atomic mass is 10.1. The second-order valence-corrected chi connectivity index (χ2v) is 4.41. The summed E-state index contributed by atoms with van der Waals surface area (Å²) in [7, 11) is 1.77. The summed E-state index contributed by atoms with van der Waals surface area (Å²) in [5.41, 5.74) is 4.93. The second-order valence-electron chi connectivity index (χ2n) is 4.41. The molecule has 0 atom stereocenters. The number of ether oxygens (including phenoxy) is 3. The van der Waals surface area contributed by atoms with E-state index in [1.54, 1.807) is 7.11 Å². The van der Waals surface area contributed by atoms with E-state index in [1.165, 1.54) is 0 Å². The van der Waals surface area contributed by atoms with Gasteiger partial charge >= 0.3 is 0 Å². The van der Waals surface area contributed by atoms with Crippen molar-refractivity contribution in [1.29, 1.82) is 0 Å². The average Bonchev–Trinajstić information content (AvgIpc) is 2.38. The Bertz CT molecular complexity index is 230. The first-order valence-corrected chi connectivity index (χ1v) is 6.41. The molecule has 1 heterocycles. The lowest BCUT2D eigenvalue weighted by Crippen LogP contribution is -2.38. The molecule has 0 saturated carbocycles. The number of amides is 1. The van der Waals surface area contributed by atoms with E-state index in [1.807, 2.05) is 0 Å². The Hall–Kier alpha value is -0.690. The summed E-state index contributed by atoms with van der Waals surface area (Å²) in [4.78, 5) is 12.8. The van der Waals surface area contributed by atoms with E-state index in [0.29, 0.717) is 25.9 Å². The minimum absolute atomic E-state index is 0.0338. The Morgan fingerprint density at radius 2 is 1.89 bits per heavy atom. The number of carbonyl (C=O) groups is 1. The summed E-state index contributed by atoms with van der Waals surface area (Å²) in [5, 5.41) is 0. The maximum absolute atomic E-state index is 10.4. The molecular weight excluding hydrogens is 236 g/mol. The van der Waals surface area contributed by atoms with Crippen LogP contribution in [0.4, 0.5) is 0 Å². The fourth-order valence-corrected chi connectivity index (χ4v) is 1.95. The van der Waals surface area contributed by atoms with Crippen LogP contribution in [0.15, 0.2) is 0 Å². The molecule has 1 aliphatic rings. The Labute approximate surface area is 108 Å². The van der Waals surface area contributed by atoms with Gasteiger partial charge in [-0.1, -0.05) is 0 Å². The molecular formula is C12H24N2O4. The lowest BCUT2D eigenvalue weighted by molar-refractivity contribution is -0.123. The van der Waals surface area contributed by atoms with Crippen LogP contribution in [-0.2, 0) is 19.0 Å². The molecule has 2 N–H and O–H groups in total. The third kappa shape index (κ3) is 6.90. The molecule has 106 valence electrons. The van der Waals surface area contributed by atoms with Gasteiger partial charge in [0.1, 0.15) is 6.61 Å². The summed E-state index contributed by atoms with van der Waals surface area (Å²) < 4.78 is 15.7. The number of nitrogens with two attached hydrogens (primary N) is 1. The molecule has 0 aromatic carbocycles. The van der Waals surface area contributed by atoms with Crippen molar-refractivity contribution < 1.29 is 19.0 Å². The van der Waals surface area contributed by atoms with E-state index in [-0.39, 0.29) is 6.61 Å². The van der Waals surface area contributed by atoms with Crippen LogP contribution in [0.2, 0.25) is 0 Å². The van der Waals surface area contributed by atoms with Crippen molar-refractivity contribution in [2.45, 2.75) is 18.9 Å². The fourth-order valence-electron chi connectivity index (χ4n) is 1.95. The highest BCUT2D eigenvalue weighted by atomic mass is 16.5. The highest BCUT2D eigenvalue weighted by Crippen LogP contribution is 2.11. The Balaban J connectivity index is 1.88. The largest absolute Gasteiger partial charge is 0.381 e. The number of hydrogen-bond donors (Lipinski definition) is 1. The molecule has 0 spiro atoms. The van der Waals surface area contributed by atoms with Crippen molar-refractivity contribution in [1.82, 2.24) is 4.90 Å². The molecule has 6 heteroatoms. The topological polar surface area (TPSA) is 74.0 Å². The quantitative estimate of drug-likeness (QED) is 0.572. The molecule has 1 saturated heterocycles. The molecule has 0 unspecified atom stereocenters. The van der Waals surface area contributed by atoms with Gasteiger partial charge in [0.2, 0.25) is 5.91 Å². The van der Waals surface area contributed by atoms with E-state index in [0.717, 1.165) is 32.5 Å². The van der Waals surface area contributed by atoms with E-state index >= 15 is 0 Å². The monoisotopic (exact) mass is 260 g/mol.